The summed E-state index contributed by atoms with van der Waals surface area (Å²) in [6.45, 7) is 4.84. The van der Waals surface area contributed by atoms with Crippen molar-refractivity contribution in [3.8, 4) is 0 Å². The number of carbonyl (C=O) groups is 1. The molecule has 1 aliphatic heterocycles. The highest BCUT2D eigenvalue weighted by atomic mass is 35.5. The molecule has 1 amide bonds. The van der Waals surface area contributed by atoms with Gasteiger partial charge in [0, 0.05) is 13.1 Å². The minimum Gasteiger partial charge on any atom is -0.448 e. The van der Waals surface area contributed by atoms with Gasteiger partial charge in [0.25, 0.3) is 5.91 Å². The van der Waals surface area contributed by atoms with E-state index < -0.39 is 0 Å². The summed E-state index contributed by atoms with van der Waals surface area (Å²) in [6, 6.07) is 3.69. The van der Waals surface area contributed by atoms with Crippen molar-refractivity contribution in [1.29, 1.82) is 0 Å². The van der Waals surface area contributed by atoms with Crippen molar-refractivity contribution < 1.29 is 13.9 Å². The fourth-order valence-electron chi connectivity index (χ4n) is 4.19. The van der Waals surface area contributed by atoms with Crippen LogP contribution in [0.5, 0.6) is 0 Å². The smallest absolute Gasteiger partial charge is 0.263 e. The Kier molecular flexibility index (Phi) is 5.55. The fourth-order valence-corrected chi connectivity index (χ4v) is 5.06. The molecule has 2 aromatic rings. The Morgan fingerprint density at radius 2 is 2.37 bits per heavy atom. The van der Waals surface area contributed by atoms with E-state index in [4.69, 9.17) is 20.8 Å². The van der Waals surface area contributed by atoms with E-state index in [1.807, 2.05) is 13.0 Å². The van der Waals surface area contributed by atoms with E-state index in [0.717, 1.165) is 50.2 Å². The number of carbonyl (C=O) groups excluding carboxylic acids is 1. The number of halogens is 1. The average Bonchev–Trinajstić information content (AvgIpc) is 3.25. The van der Waals surface area contributed by atoms with E-state index in [9.17, 15) is 4.79 Å². The molecule has 2 atom stereocenters. The molecule has 0 bridgehead atoms. The zero-order chi connectivity index (χ0) is 18.9. The highest BCUT2D eigenvalue weighted by Crippen LogP contribution is 2.36. The maximum absolute atomic E-state index is 12.8. The predicted molar refractivity (Wildman–Crippen MR) is 104 cm³/mol. The zero-order valence-corrected chi connectivity index (χ0v) is 16.9. The SMILES string of the molecule is Cc1ncsc1C(=O)NC1CCCCC12CN(Cc1ccc(Cl)o1)CCO2. The average molecular weight is 410 g/mol. The van der Waals surface area contributed by atoms with Gasteiger partial charge in [-0.15, -0.1) is 11.3 Å². The summed E-state index contributed by atoms with van der Waals surface area (Å²) >= 11 is 7.29. The molecule has 2 aromatic heterocycles. The minimum atomic E-state index is -0.346. The van der Waals surface area contributed by atoms with Crippen LogP contribution in [0.1, 0.15) is 46.8 Å². The van der Waals surface area contributed by atoms with Crippen LogP contribution in [0.4, 0.5) is 0 Å². The zero-order valence-electron chi connectivity index (χ0n) is 15.4. The van der Waals surface area contributed by atoms with Crippen LogP contribution in [0.15, 0.2) is 22.1 Å². The second-order valence-corrected chi connectivity index (χ2v) is 8.60. The molecule has 0 aromatic carbocycles. The lowest BCUT2D eigenvalue weighted by molar-refractivity contribution is -0.143. The molecule has 2 fully saturated rings. The van der Waals surface area contributed by atoms with Crippen LogP contribution in [0.3, 0.4) is 0 Å². The lowest BCUT2D eigenvalue weighted by Gasteiger charge is -2.49. The van der Waals surface area contributed by atoms with Crippen molar-refractivity contribution in [1.82, 2.24) is 15.2 Å². The summed E-state index contributed by atoms with van der Waals surface area (Å²) in [5, 5.41) is 3.66. The lowest BCUT2D eigenvalue weighted by atomic mass is 9.78. The molecule has 1 saturated heterocycles. The molecule has 1 N–H and O–H groups in total. The van der Waals surface area contributed by atoms with E-state index >= 15 is 0 Å². The monoisotopic (exact) mass is 409 g/mol. The fraction of sp³-hybridized carbons (Fsp3) is 0.579. The van der Waals surface area contributed by atoms with Crippen molar-refractivity contribution in [2.45, 2.75) is 50.8 Å². The first-order valence-electron chi connectivity index (χ1n) is 9.37. The number of thiazole rings is 1. The van der Waals surface area contributed by atoms with Gasteiger partial charge in [-0.05, 0) is 43.5 Å². The topological polar surface area (TPSA) is 67.6 Å². The van der Waals surface area contributed by atoms with Crippen LogP contribution in [0, 0.1) is 6.92 Å². The number of aryl methyl sites for hydroxylation is 1. The third kappa shape index (κ3) is 4.06. The van der Waals surface area contributed by atoms with Crippen molar-refractivity contribution >= 4 is 28.8 Å². The number of nitrogens with one attached hydrogen (secondary N) is 1. The number of rotatable bonds is 4. The van der Waals surface area contributed by atoms with Crippen LogP contribution < -0.4 is 5.32 Å². The summed E-state index contributed by atoms with van der Waals surface area (Å²) < 4.78 is 11.8. The van der Waals surface area contributed by atoms with Crippen LogP contribution >= 0.6 is 22.9 Å². The van der Waals surface area contributed by atoms with Crippen LogP contribution in [-0.2, 0) is 11.3 Å². The van der Waals surface area contributed by atoms with Gasteiger partial charge in [-0.3, -0.25) is 9.69 Å². The molecule has 1 aliphatic carbocycles. The van der Waals surface area contributed by atoms with E-state index in [2.05, 4.69) is 15.2 Å². The summed E-state index contributed by atoms with van der Waals surface area (Å²) in [6.07, 6.45) is 4.11. The quantitative estimate of drug-likeness (QED) is 0.834. The second-order valence-electron chi connectivity index (χ2n) is 7.37. The first-order valence-corrected chi connectivity index (χ1v) is 10.6. The van der Waals surface area contributed by atoms with Crippen molar-refractivity contribution in [2.75, 3.05) is 19.7 Å². The largest absolute Gasteiger partial charge is 0.448 e. The van der Waals surface area contributed by atoms with Gasteiger partial charge >= 0.3 is 0 Å². The number of hydrogen-bond donors (Lipinski definition) is 1. The van der Waals surface area contributed by atoms with Gasteiger partial charge in [0.15, 0.2) is 5.22 Å². The van der Waals surface area contributed by atoms with E-state index in [-0.39, 0.29) is 17.6 Å². The summed E-state index contributed by atoms with van der Waals surface area (Å²) in [5.41, 5.74) is 2.15. The number of furan rings is 1. The maximum Gasteiger partial charge on any atom is 0.263 e. The van der Waals surface area contributed by atoms with Crippen molar-refractivity contribution in [2.24, 2.45) is 0 Å². The summed E-state index contributed by atoms with van der Waals surface area (Å²) in [4.78, 5) is 20.0. The normalized spacial score (nSPS) is 26.4. The van der Waals surface area contributed by atoms with Gasteiger partial charge < -0.3 is 14.5 Å². The van der Waals surface area contributed by atoms with Gasteiger partial charge in [-0.25, -0.2) is 4.98 Å². The highest BCUT2D eigenvalue weighted by molar-refractivity contribution is 7.11. The first-order chi connectivity index (χ1) is 13.1. The third-order valence-corrected chi connectivity index (χ3v) is 6.66. The Bertz CT molecular complexity index is 804. The molecular formula is C19H24ClN3O3S. The van der Waals surface area contributed by atoms with Gasteiger partial charge in [0.2, 0.25) is 0 Å². The van der Waals surface area contributed by atoms with E-state index in [1.54, 1.807) is 11.6 Å². The van der Waals surface area contributed by atoms with Crippen molar-refractivity contribution in [3.63, 3.8) is 0 Å². The number of aromatic nitrogens is 1. The molecule has 4 rings (SSSR count). The standard InChI is InChI=1S/C19H24ClN3O3S/c1-13-17(27-12-21-13)18(24)22-15-4-2-3-7-19(15)11-23(8-9-25-19)10-14-5-6-16(20)26-14/h5-6,12,15H,2-4,7-11H2,1H3,(H,22,24). The molecule has 3 heterocycles. The molecular weight excluding hydrogens is 386 g/mol. The number of amides is 1. The molecule has 2 aliphatic rings. The van der Waals surface area contributed by atoms with Gasteiger partial charge in [0.1, 0.15) is 16.2 Å². The number of hydrogen-bond acceptors (Lipinski definition) is 6. The van der Waals surface area contributed by atoms with Gasteiger partial charge in [0.05, 0.1) is 30.4 Å². The molecule has 6 nitrogen and oxygen atoms in total. The van der Waals surface area contributed by atoms with Crippen LogP contribution in [-0.4, -0.2) is 47.1 Å². The minimum absolute atomic E-state index is 0.00300. The molecule has 0 radical (unpaired) electrons. The Labute approximate surface area is 167 Å². The molecule has 1 saturated carbocycles. The number of morpholine rings is 1. The second kappa shape index (κ2) is 7.91. The summed E-state index contributed by atoms with van der Waals surface area (Å²) in [7, 11) is 0. The molecule has 27 heavy (non-hydrogen) atoms. The van der Waals surface area contributed by atoms with Gasteiger partial charge in [-0.2, -0.15) is 0 Å². The van der Waals surface area contributed by atoms with Crippen LogP contribution in [0.25, 0.3) is 0 Å². The summed E-state index contributed by atoms with van der Waals surface area (Å²) in [5.74, 6) is 0.813. The number of ether oxygens (including phenoxy) is 1. The van der Waals surface area contributed by atoms with E-state index in [1.165, 1.54) is 11.3 Å². The Morgan fingerprint density at radius 3 is 3.11 bits per heavy atom. The van der Waals surface area contributed by atoms with Gasteiger partial charge in [-0.1, -0.05) is 12.8 Å². The Hall–Kier alpha value is -1.41. The molecule has 1 spiro atoms. The van der Waals surface area contributed by atoms with Crippen molar-refractivity contribution in [3.05, 3.63) is 39.2 Å². The molecule has 146 valence electrons. The lowest BCUT2D eigenvalue weighted by Crippen LogP contribution is -2.63. The van der Waals surface area contributed by atoms with Crippen LogP contribution in [0.2, 0.25) is 5.22 Å². The van der Waals surface area contributed by atoms with E-state index in [0.29, 0.717) is 23.2 Å². The maximum atomic E-state index is 12.8. The predicted octanol–water partition coefficient (Wildman–Crippen LogP) is 3.64. The Morgan fingerprint density at radius 1 is 1.48 bits per heavy atom. The highest BCUT2D eigenvalue weighted by Gasteiger charge is 2.46. The first kappa shape index (κ1) is 18.9. The number of nitrogens with zero attached hydrogens (tertiary/aromatic N) is 2. The molecule has 2 unspecified atom stereocenters. The molecule has 8 heteroatoms. The third-order valence-electron chi connectivity index (χ3n) is 5.53. The Balaban J connectivity index is 1.48.